The fraction of sp³-hybridized carbons (Fsp3) is 0.364. The number of nitrogens with zero attached hydrogens (tertiary/aromatic N) is 2. The molecule has 5 heteroatoms. The Hall–Kier alpha value is -2.40. The van der Waals surface area contributed by atoms with Crippen LogP contribution in [0.5, 0.6) is 5.75 Å². The summed E-state index contributed by atoms with van der Waals surface area (Å²) in [5.41, 5.74) is 2.21. The van der Waals surface area contributed by atoms with Crippen molar-refractivity contribution in [2.45, 2.75) is 25.2 Å². The van der Waals surface area contributed by atoms with Crippen molar-refractivity contribution in [2.75, 3.05) is 19.7 Å². The molecule has 1 saturated heterocycles. The Morgan fingerprint density at radius 1 is 1.15 bits per heavy atom. The van der Waals surface area contributed by atoms with E-state index in [-0.39, 0.29) is 11.8 Å². The van der Waals surface area contributed by atoms with Crippen molar-refractivity contribution in [3.8, 4) is 5.75 Å². The lowest BCUT2D eigenvalue weighted by molar-refractivity contribution is -0.138. The van der Waals surface area contributed by atoms with E-state index in [1.165, 1.54) is 9.71 Å². The molecule has 4 nitrogen and oxygen atoms in total. The average molecular weight is 378 g/mol. The summed E-state index contributed by atoms with van der Waals surface area (Å²) in [6.07, 6.45) is 2.92. The molecule has 5 rings (SSSR count). The molecule has 2 aromatic carbocycles. The first kappa shape index (κ1) is 16.8. The van der Waals surface area contributed by atoms with Crippen molar-refractivity contribution in [3.63, 3.8) is 0 Å². The van der Waals surface area contributed by atoms with Crippen LogP contribution in [0.1, 0.15) is 29.3 Å². The summed E-state index contributed by atoms with van der Waals surface area (Å²) >= 11 is 1.77. The van der Waals surface area contributed by atoms with Crippen LogP contribution in [-0.2, 0) is 11.2 Å². The molecule has 1 fully saturated rings. The van der Waals surface area contributed by atoms with E-state index < -0.39 is 0 Å². The number of hydrogen-bond donors (Lipinski definition) is 0. The Balaban J connectivity index is 1.31. The second-order valence-electron chi connectivity index (χ2n) is 7.46. The molecule has 27 heavy (non-hydrogen) atoms. The molecule has 0 unspecified atom stereocenters. The standard InChI is InChI=1S/C22H22N2O2S/c25-22(17-12-15-6-1-3-9-19(15)26-14-17)24-11-5-7-16(13-24)21-23-18-8-2-4-10-20(18)27-21/h1-4,6,8-10,16-17H,5,7,11-14H2/t16-,17-/m1/s1. The number of hydrogen-bond acceptors (Lipinski definition) is 4. The molecule has 138 valence electrons. The number of carbonyl (C=O) groups excluding carboxylic acids is 1. The third kappa shape index (κ3) is 3.21. The van der Waals surface area contributed by atoms with Gasteiger partial charge >= 0.3 is 0 Å². The number of likely N-dealkylation sites (tertiary alicyclic amines) is 1. The van der Waals surface area contributed by atoms with Crippen LogP contribution in [0.4, 0.5) is 0 Å². The third-order valence-corrected chi connectivity index (χ3v) is 6.82. The molecule has 0 saturated carbocycles. The zero-order valence-electron chi connectivity index (χ0n) is 15.1. The molecule has 2 atom stereocenters. The van der Waals surface area contributed by atoms with Gasteiger partial charge in [-0.15, -0.1) is 11.3 Å². The number of carbonyl (C=O) groups is 1. The Kier molecular flexibility index (Phi) is 4.32. The Labute approximate surface area is 162 Å². The predicted octanol–water partition coefficient (Wildman–Crippen LogP) is 4.25. The number of thiazole rings is 1. The summed E-state index contributed by atoms with van der Waals surface area (Å²) in [5, 5.41) is 1.17. The fourth-order valence-electron chi connectivity index (χ4n) is 4.19. The molecule has 2 aliphatic rings. The number of benzene rings is 2. The molecule has 1 aromatic heterocycles. The van der Waals surface area contributed by atoms with Gasteiger partial charge in [0.15, 0.2) is 0 Å². The third-order valence-electron chi connectivity index (χ3n) is 5.62. The zero-order valence-corrected chi connectivity index (χ0v) is 16.0. The Morgan fingerprint density at radius 2 is 2.00 bits per heavy atom. The average Bonchev–Trinajstić information content (AvgIpc) is 3.17. The lowest BCUT2D eigenvalue weighted by Crippen LogP contribution is -2.45. The minimum atomic E-state index is -0.0750. The van der Waals surface area contributed by atoms with Gasteiger partial charge in [0.2, 0.25) is 5.91 Å². The Bertz CT molecular complexity index is 950. The fourth-order valence-corrected chi connectivity index (χ4v) is 5.28. The van der Waals surface area contributed by atoms with Crippen LogP contribution in [-0.4, -0.2) is 35.5 Å². The minimum absolute atomic E-state index is 0.0750. The summed E-state index contributed by atoms with van der Waals surface area (Å²) in [7, 11) is 0. The second-order valence-corrected chi connectivity index (χ2v) is 8.53. The molecule has 0 aliphatic carbocycles. The van der Waals surface area contributed by atoms with Crippen molar-refractivity contribution < 1.29 is 9.53 Å². The zero-order chi connectivity index (χ0) is 18.2. The summed E-state index contributed by atoms with van der Waals surface area (Å²) in [6, 6.07) is 16.3. The van der Waals surface area contributed by atoms with E-state index in [0.717, 1.165) is 49.2 Å². The number of piperidine rings is 1. The van der Waals surface area contributed by atoms with Gasteiger partial charge in [0.05, 0.1) is 21.1 Å². The lowest BCUT2D eigenvalue weighted by atomic mass is 9.93. The van der Waals surface area contributed by atoms with Crippen LogP contribution in [0.25, 0.3) is 10.2 Å². The summed E-state index contributed by atoms with van der Waals surface area (Å²) in [6.45, 7) is 2.10. The van der Waals surface area contributed by atoms with Gasteiger partial charge in [0.25, 0.3) is 0 Å². The molecule has 1 amide bonds. The molecular weight excluding hydrogens is 356 g/mol. The number of aromatic nitrogens is 1. The number of amides is 1. The van der Waals surface area contributed by atoms with Gasteiger partial charge in [-0.3, -0.25) is 4.79 Å². The van der Waals surface area contributed by atoms with E-state index in [9.17, 15) is 4.79 Å². The summed E-state index contributed by atoms with van der Waals surface area (Å²) in [5.74, 6) is 1.42. The number of rotatable bonds is 2. The monoisotopic (exact) mass is 378 g/mol. The summed E-state index contributed by atoms with van der Waals surface area (Å²) in [4.78, 5) is 20.0. The highest BCUT2D eigenvalue weighted by Crippen LogP contribution is 2.34. The molecule has 0 spiro atoms. The second kappa shape index (κ2) is 6.97. The van der Waals surface area contributed by atoms with Crippen molar-refractivity contribution >= 4 is 27.5 Å². The van der Waals surface area contributed by atoms with Gasteiger partial charge in [-0.1, -0.05) is 30.3 Å². The van der Waals surface area contributed by atoms with E-state index in [2.05, 4.69) is 24.3 Å². The van der Waals surface area contributed by atoms with Crippen LogP contribution in [0.2, 0.25) is 0 Å². The van der Waals surface area contributed by atoms with Gasteiger partial charge in [-0.05, 0) is 43.0 Å². The van der Waals surface area contributed by atoms with Crippen LogP contribution in [0, 0.1) is 5.92 Å². The predicted molar refractivity (Wildman–Crippen MR) is 107 cm³/mol. The van der Waals surface area contributed by atoms with Crippen LogP contribution in [0.15, 0.2) is 48.5 Å². The molecule has 0 N–H and O–H groups in total. The first-order chi connectivity index (χ1) is 13.3. The van der Waals surface area contributed by atoms with E-state index in [4.69, 9.17) is 9.72 Å². The molecule has 2 aliphatic heterocycles. The van der Waals surface area contributed by atoms with Crippen molar-refractivity contribution in [3.05, 3.63) is 59.1 Å². The highest BCUT2D eigenvalue weighted by atomic mass is 32.1. The van der Waals surface area contributed by atoms with E-state index >= 15 is 0 Å². The largest absolute Gasteiger partial charge is 0.492 e. The summed E-state index contributed by atoms with van der Waals surface area (Å²) < 4.78 is 7.07. The minimum Gasteiger partial charge on any atom is -0.492 e. The van der Waals surface area contributed by atoms with Crippen molar-refractivity contribution in [1.29, 1.82) is 0 Å². The van der Waals surface area contributed by atoms with Gasteiger partial charge in [-0.25, -0.2) is 4.98 Å². The maximum Gasteiger partial charge on any atom is 0.229 e. The maximum atomic E-state index is 13.1. The highest BCUT2D eigenvalue weighted by molar-refractivity contribution is 7.18. The van der Waals surface area contributed by atoms with E-state index in [1.54, 1.807) is 11.3 Å². The normalized spacial score (nSPS) is 22.3. The molecular formula is C22H22N2O2S. The maximum absolute atomic E-state index is 13.1. The van der Waals surface area contributed by atoms with Crippen LogP contribution >= 0.6 is 11.3 Å². The van der Waals surface area contributed by atoms with Gasteiger partial charge < -0.3 is 9.64 Å². The number of para-hydroxylation sites is 2. The number of fused-ring (bicyclic) bond motifs is 2. The van der Waals surface area contributed by atoms with Crippen molar-refractivity contribution in [1.82, 2.24) is 9.88 Å². The van der Waals surface area contributed by atoms with Crippen molar-refractivity contribution in [2.24, 2.45) is 5.92 Å². The first-order valence-electron chi connectivity index (χ1n) is 9.63. The number of ether oxygens (including phenoxy) is 1. The van der Waals surface area contributed by atoms with E-state index in [1.807, 2.05) is 29.2 Å². The molecule has 0 bridgehead atoms. The molecule has 3 heterocycles. The van der Waals surface area contributed by atoms with Gasteiger partial charge in [0, 0.05) is 19.0 Å². The molecule has 3 aromatic rings. The SMILES string of the molecule is O=C([C@H]1COc2ccccc2C1)N1CCC[C@@H](c2nc3ccccc3s2)C1. The quantitative estimate of drug-likeness (QED) is 0.669. The highest BCUT2D eigenvalue weighted by Gasteiger charge is 2.33. The lowest BCUT2D eigenvalue weighted by Gasteiger charge is -2.35. The topological polar surface area (TPSA) is 42.4 Å². The van der Waals surface area contributed by atoms with Gasteiger partial charge in [-0.2, -0.15) is 0 Å². The Morgan fingerprint density at radius 3 is 2.93 bits per heavy atom. The molecule has 0 radical (unpaired) electrons. The van der Waals surface area contributed by atoms with Gasteiger partial charge in [0.1, 0.15) is 12.4 Å². The van der Waals surface area contributed by atoms with Crippen LogP contribution in [0.3, 0.4) is 0 Å². The smallest absolute Gasteiger partial charge is 0.229 e. The van der Waals surface area contributed by atoms with Crippen LogP contribution < -0.4 is 4.74 Å². The van der Waals surface area contributed by atoms with E-state index in [0.29, 0.717) is 12.5 Å². The first-order valence-corrected chi connectivity index (χ1v) is 10.4.